The number of hydrogen-bond acceptors (Lipinski definition) is 2. The highest BCUT2D eigenvalue weighted by molar-refractivity contribution is 6.30. The van der Waals surface area contributed by atoms with Crippen molar-refractivity contribution in [2.24, 2.45) is 7.05 Å². The molecule has 0 spiro atoms. The summed E-state index contributed by atoms with van der Waals surface area (Å²) in [5, 5.41) is 3.95. The third kappa shape index (κ3) is 3.96. The first-order chi connectivity index (χ1) is 9.99. The molecule has 0 fully saturated rings. The first-order valence-corrected chi connectivity index (χ1v) is 7.48. The van der Waals surface area contributed by atoms with Gasteiger partial charge in [-0.1, -0.05) is 23.7 Å². The van der Waals surface area contributed by atoms with E-state index >= 15 is 0 Å². The van der Waals surface area contributed by atoms with Crippen molar-refractivity contribution in [2.75, 3.05) is 13.1 Å². The summed E-state index contributed by atoms with van der Waals surface area (Å²) in [4.78, 5) is 12.2. The molecule has 0 unspecified atom stereocenters. The zero-order valence-corrected chi connectivity index (χ0v) is 13.5. The van der Waals surface area contributed by atoms with Crippen molar-refractivity contribution in [2.45, 2.75) is 20.3 Å². The fourth-order valence-corrected chi connectivity index (χ4v) is 2.57. The highest BCUT2D eigenvalue weighted by Gasteiger charge is 2.13. The maximum absolute atomic E-state index is 12.2. The van der Waals surface area contributed by atoms with Gasteiger partial charge in [0.15, 0.2) is 5.78 Å². The largest absolute Gasteiger partial charge is 0.351 e. The summed E-state index contributed by atoms with van der Waals surface area (Å²) in [5.41, 5.74) is 4.11. The van der Waals surface area contributed by atoms with Gasteiger partial charge in [-0.05, 0) is 50.6 Å². The maximum atomic E-state index is 12.2. The van der Waals surface area contributed by atoms with Crippen molar-refractivity contribution >= 4 is 17.4 Å². The molecular weight excluding hydrogens is 284 g/mol. The van der Waals surface area contributed by atoms with E-state index in [9.17, 15) is 4.79 Å². The minimum absolute atomic E-state index is 0.141. The zero-order valence-electron chi connectivity index (χ0n) is 12.7. The summed E-state index contributed by atoms with van der Waals surface area (Å²) in [6, 6.07) is 9.76. The van der Waals surface area contributed by atoms with E-state index in [1.54, 1.807) is 0 Å². The Morgan fingerprint density at radius 2 is 2.05 bits per heavy atom. The number of ketones is 1. The molecule has 0 aliphatic heterocycles. The van der Waals surface area contributed by atoms with E-state index in [1.807, 2.05) is 55.8 Å². The van der Waals surface area contributed by atoms with E-state index in [1.165, 1.54) is 5.56 Å². The van der Waals surface area contributed by atoms with Crippen LogP contribution in [0.3, 0.4) is 0 Å². The molecule has 0 saturated heterocycles. The molecule has 2 rings (SSSR count). The SMILES string of the molecule is Cc1cc(C(=O)CNCCc2cccc(Cl)c2)c(C)n1C. The molecule has 0 bridgehead atoms. The van der Waals surface area contributed by atoms with Gasteiger partial charge >= 0.3 is 0 Å². The molecule has 112 valence electrons. The number of aromatic nitrogens is 1. The predicted octanol–water partition coefficient (Wildman–Crippen LogP) is 3.31. The van der Waals surface area contributed by atoms with Crippen LogP contribution in [0.25, 0.3) is 0 Å². The van der Waals surface area contributed by atoms with Crippen LogP contribution in [-0.4, -0.2) is 23.4 Å². The predicted molar refractivity (Wildman–Crippen MR) is 87.2 cm³/mol. The van der Waals surface area contributed by atoms with Crippen LogP contribution in [0.5, 0.6) is 0 Å². The van der Waals surface area contributed by atoms with Crippen LogP contribution < -0.4 is 5.32 Å². The molecule has 0 saturated carbocycles. The van der Waals surface area contributed by atoms with Crippen molar-refractivity contribution in [1.82, 2.24) is 9.88 Å². The van der Waals surface area contributed by atoms with Crippen molar-refractivity contribution in [3.05, 3.63) is 57.9 Å². The number of Topliss-reactive ketones (excluding diaryl/α,β-unsaturated/α-hetero) is 1. The molecule has 0 amide bonds. The fourth-order valence-electron chi connectivity index (χ4n) is 2.36. The number of nitrogens with one attached hydrogen (secondary N) is 1. The lowest BCUT2D eigenvalue weighted by atomic mass is 10.1. The normalized spacial score (nSPS) is 10.9. The van der Waals surface area contributed by atoms with E-state index in [2.05, 4.69) is 5.32 Å². The van der Waals surface area contributed by atoms with Gasteiger partial charge in [0, 0.05) is 29.0 Å². The van der Waals surface area contributed by atoms with E-state index in [0.717, 1.165) is 34.9 Å². The number of aryl methyl sites for hydroxylation is 1. The topological polar surface area (TPSA) is 34.0 Å². The third-order valence-electron chi connectivity index (χ3n) is 3.84. The number of carbonyl (C=O) groups excluding carboxylic acids is 1. The molecule has 0 aliphatic carbocycles. The standard InChI is InChI=1S/C17H21ClN2O/c1-12-9-16(13(2)20(12)3)17(21)11-19-8-7-14-5-4-6-15(18)10-14/h4-6,9-10,19H,7-8,11H2,1-3H3. The van der Waals surface area contributed by atoms with Gasteiger partial charge in [-0.2, -0.15) is 0 Å². The average Bonchev–Trinajstić information content (AvgIpc) is 2.71. The summed E-state index contributed by atoms with van der Waals surface area (Å²) in [5.74, 6) is 0.141. The minimum atomic E-state index is 0.141. The third-order valence-corrected chi connectivity index (χ3v) is 4.08. The van der Waals surface area contributed by atoms with Crippen molar-refractivity contribution < 1.29 is 4.79 Å². The quantitative estimate of drug-likeness (QED) is 0.656. The second-order valence-electron chi connectivity index (χ2n) is 5.32. The lowest BCUT2D eigenvalue weighted by molar-refractivity contribution is 0.0990. The Labute approximate surface area is 130 Å². The van der Waals surface area contributed by atoms with Gasteiger partial charge in [-0.15, -0.1) is 0 Å². The maximum Gasteiger partial charge on any atom is 0.178 e. The molecule has 3 nitrogen and oxygen atoms in total. The Balaban J connectivity index is 1.83. The van der Waals surface area contributed by atoms with Gasteiger partial charge in [0.2, 0.25) is 0 Å². The van der Waals surface area contributed by atoms with Crippen LogP contribution in [0, 0.1) is 13.8 Å². The van der Waals surface area contributed by atoms with Crippen molar-refractivity contribution in [3.63, 3.8) is 0 Å². The van der Waals surface area contributed by atoms with Gasteiger partial charge in [-0.3, -0.25) is 4.79 Å². The van der Waals surface area contributed by atoms with Gasteiger partial charge in [0.05, 0.1) is 6.54 Å². The summed E-state index contributed by atoms with van der Waals surface area (Å²) < 4.78 is 2.04. The van der Waals surface area contributed by atoms with E-state index in [-0.39, 0.29) is 5.78 Å². The second-order valence-corrected chi connectivity index (χ2v) is 5.76. The summed E-state index contributed by atoms with van der Waals surface area (Å²) in [6.45, 7) is 5.12. The zero-order chi connectivity index (χ0) is 15.4. The van der Waals surface area contributed by atoms with Crippen LogP contribution in [0.1, 0.15) is 27.3 Å². The van der Waals surface area contributed by atoms with Crippen LogP contribution >= 0.6 is 11.6 Å². The molecule has 0 atom stereocenters. The molecule has 0 aliphatic rings. The average molecular weight is 305 g/mol. The molecule has 1 aromatic heterocycles. The second kappa shape index (κ2) is 6.92. The Morgan fingerprint density at radius 1 is 1.29 bits per heavy atom. The first kappa shape index (κ1) is 15.8. The highest BCUT2D eigenvalue weighted by Crippen LogP contribution is 2.13. The molecule has 0 radical (unpaired) electrons. The van der Waals surface area contributed by atoms with E-state index in [0.29, 0.717) is 6.54 Å². The number of benzene rings is 1. The molecule has 2 aromatic rings. The number of halogens is 1. The van der Waals surface area contributed by atoms with E-state index in [4.69, 9.17) is 11.6 Å². The Bertz CT molecular complexity index is 646. The molecule has 1 aromatic carbocycles. The smallest absolute Gasteiger partial charge is 0.178 e. The van der Waals surface area contributed by atoms with Crippen LogP contribution in [0.2, 0.25) is 5.02 Å². The number of hydrogen-bond donors (Lipinski definition) is 1. The summed E-state index contributed by atoms with van der Waals surface area (Å²) in [6.07, 6.45) is 0.862. The fraction of sp³-hybridized carbons (Fsp3) is 0.353. The Morgan fingerprint density at radius 3 is 2.67 bits per heavy atom. The lowest BCUT2D eigenvalue weighted by Gasteiger charge is -2.05. The molecule has 1 heterocycles. The number of nitrogens with zero attached hydrogens (tertiary/aromatic N) is 1. The molecule has 1 N–H and O–H groups in total. The Kier molecular flexibility index (Phi) is 5.21. The van der Waals surface area contributed by atoms with Gasteiger partial charge in [0.1, 0.15) is 0 Å². The molecule has 4 heteroatoms. The van der Waals surface area contributed by atoms with E-state index < -0.39 is 0 Å². The first-order valence-electron chi connectivity index (χ1n) is 7.10. The van der Waals surface area contributed by atoms with Crippen LogP contribution in [0.4, 0.5) is 0 Å². The highest BCUT2D eigenvalue weighted by atomic mass is 35.5. The van der Waals surface area contributed by atoms with Gasteiger partial charge in [-0.25, -0.2) is 0 Å². The Hall–Kier alpha value is -1.58. The van der Waals surface area contributed by atoms with Crippen molar-refractivity contribution in [3.8, 4) is 0 Å². The van der Waals surface area contributed by atoms with Crippen molar-refractivity contribution in [1.29, 1.82) is 0 Å². The summed E-state index contributed by atoms with van der Waals surface area (Å²) in [7, 11) is 1.98. The van der Waals surface area contributed by atoms with Gasteiger partial charge in [0.25, 0.3) is 0 Å². The summed E-state index contributed by atoms with van der Waals surface area (Å²) >= 11 is 5.95. The molecule has 21 heavy (non-hydrogen) atoms. The van der Waals surface area contributed by atoms with Crippen LogP contribution in [0.15, 0.2) is 30.3 Å². The van der Waals surface area contributed by atoms with Gasteiger partial charge < -0.3 is 9.88 Å². The lowest BCUT2D eigenvalue weighted by Crippen LogP contribution is -2.25. The molecular formula is C17H21ClN2O. The minimum Gasteiger partial charge on any atom is -0.351 e. The number of carbonyl (C=O) groups is 1. The van der Waals surface area contributed by atoms with Crippen LogP contribution in [-0.2, 0) is 13.5 Å². The monoisotopic (exact) mass is 304 g/mol. The number of rotatable bonds is 6.